The first-order valence-electron chi connectivity index (χ1n) is 6.13. The summed E-state index contributed by atoms with van der Waals surface area (Å²) in [5, 5.41) is 0. The molecule has 0 bridgehead atoms. The van der Waals surface area contributed by atoms with Gasteiger partial charge in [-0.3, -0.25) is 0 Å². The minimum absolute atomic E-state index is 0.0815. The molecule has 1 aromatic carbocycles. The molecule has 20 heavy (non-hydrogen) atoms. The summed E-state index contributed by atoms with van der Waals surface area (Å²) in [5.41, 5.74) is 8.46. The van der Waals surface area contributed by atoms with Crippen molar-refractivity contribution >= 4 is 17.2 Å². The molecule has 0 atom stereocenters. The van der Waals surface area contributed by atoms with Crippen molar-refractivity contribution in [3.8, 4) is 5.88 Å². The van der Waals surface area contributed by atoms with Gasteiger partial charge in [-0.2, -0.15) is 0 Å². The van der Waals surface area contributed by atoms with Crippen molar-refractivity contribution in [3.05, 3.63) is 58.5 Å². The van der Waals surface area contributed by atoms with E-state index in [1.807, 2.05) is 19.9 Å². The molecule has 0 radical (unpaired) electrons. The monoisotopic (exact) mass is 290 g/mol. The number of aromatic nitrogens is 1. The molecule has 1 heterocycles. The van der Waals surface area contributed by atoms with E-state index in [4.69, 9.17) is 22.7 Å². The molecule has 0 amide bonds. The topological polar surface area (TPSA) is 48.1 Å². The summed E-state index contributed by atoms with van der Waals surface area (Å²) in [6.07, 6.45) is 0. The summed E-state index contributed by atoms with van der Waals surface area (Å²) in [6, 6.07) is 8.32. The van der Waals surface area contributed by atoms with Crippen LogP contribution in [0.5, 0.6) is 5.88 Å². The molecule has 0 saturated carbocycles. The van der Waals surface area contributed by atoms with Crippen molar-refractivity contribution in [1.29, 1.82) is 0 Å². The number of ether oxygens (including phenoxy) is 1. The third-order valence-corrected chi connectivity index (χ3v) is 3.08. The summed E-state index contributed by atoms with van der Waals surface area (Å²) in [7, 11) is 0. The van der Waals surface area contributed by atoms with Gasteiger partial charge in [-0.05, 0) is 31.5 Å². The molecule has 0 fully saturated rings. The average molecular weight is 290 g/mol. The predicted molar refractivity (Wildman–Crippen MR) is 80.3 cm³/mol. The Morgan fingerprint density at radius 3 is 2.70 bits per heavy atom. The molecule has 0 unspecified atom stereocenters. The number of rotatable bonds is 4. The summed E-state index contributed by atoms with van der Waals surface area (Å²) in [4.78, 5) is 4.51. The maximum atomic E-state index is 13.6. The Balaban J connectivity index is 2.30. The Morgan fingerprint density at radius 2 is 2.05 bits per heavy atom. The van der Waals surface area contributed by atoms with Crippen LogP contribution < -0.4 is 10.5 Å². The molecule has 2 rings (SSSR count). The number of hydrogen-bond donors (Lipinski definition) is 1. The second-order valence-corrected chi connectivity index (χ2v) is 4.94. The molecule has 0 aliphatic carbocycles. The largest absolute Gasteiger partial charge is 0.472 e. The third kappa shape index (κ3) is 3.11. The zero-order valence-corrected chi connectivity index (χ0v) is 12.1. The summed E-state index contributed by atoms with van der Waals surface area (Å²) < 4.78 is 19.2. The number of pyridine rings is 1. The molecule has 2 aromatic rings. The Kier molecular flexibility index (Phi) is 4.29. The van der Waals surface area contributed by atoms with Crippen LogP contribution in [0.3, 0.4) is 0 Å². The van der Waals surface area contributed by atoms with Crippen LogP contribution >= 0.6 is 12.2 Å². The zero-order valence-electron chi connectivity index (χ0n) is 11.3. The van der Waals surface area contributed by atoms with Crippen LogP contribution in [0.2, 0.25) is 0 Å². The van der Waals surface area contributed by atoms with Crippen LogP contribution in [0, 0.1) is 19.7 Å². The van der Waals surface area contributed by atoms with E-state index in [-0.39, 0.29) is 17.4 Å². The molecule has 0 saturated heterocycles. The summed E-state index contributed by atoms with van der Waals surface area (Å²) >= 11 is 5.02. The van der Waals surface area contributed by atoms with E-state index >= 15 is 0 Å². The van der Waals surface area contributed by atoms with Gasteiger partial charge >= 0.3 is 0 Å². The number of halogens is 1. The number of hydrogen-bond acceptors (Lipinski definition) is 3. The van der Waals surface area contributed by atoms with Gasteiger partial charge in [0.1, 0.15) is 17.4 Å². The first-order valence-corrected chi connectivity index (χ1v) is 6.54. The quantitative estimate of drug-likeness (QED) is 0.879. The fourth-order valence-electron chi connectivity index (χ4n) is 1.97. The van der Waals surface area contributed by atoms with Crippen LogP contribution in [0.25, 0.3) is 0 Å². The minimum atomic E-state index is -0.311. The highest BCUT2D eigenvalue weighted by atomic mass is 32.1. The first-order chi connectivity index (χ1) is 9.49. The smallest absolute Gasteiger partial charge is 0.224 e. The van der Waals surface area contributed by atoms with E-state index in [2.05, 4.69) is 4.98 Å². The van der Waals surface area contributed by atoms with Crippen LogP contribution in [-0.2, 0) is 6.61 Å². The molecule has 0 aliphatic rings. The van der Waals surface area contributed by atoms with E-state index < -0.39 is 0 Å². The summed E-state index contributed by atoms with van der Waals surface area (Å²) in [6.45, 7) is 3.82. The van der Waals surface area contributed by atoms with E-state index in [1.165, 1.54) is 6.07 Å². The molecule has 5 heteroatoms. The third-order valence-electron chi connectivity index (χ3n) is 2.88. The number of aryl methyl sites for hydroxylation is 2. The van der Waals surface area contributed by atoms with Gasteiger partial charge in [0.15, 0.2) is 0 Å². The van der Waals surface area contributed by atoms with Crippen LogP contribution in [0.4, 0.5) is 4.39 Å². The second kappa shape index (κ2) is 5.96. The fourth-order valence-corrected chi connectivity index (χ4v) is 2.22. The molecule has 0 aliphatic heterocycles. The lowest BCUT2D eigenvalue weighted by atomic mass is 10.1. The average Bonchev–Trinajstić information content (AvgIpc) is 2.36. The Morgan fingerprint density at radius 1 is 1.35 bits per heavy atom. The Labute approximate surface area is 122 Å². The van der Waals surface area contributed by atoms with Gasteiger partial charge in [0.2, 0.25) is 5.88 Å². The van der Waals surface area contributed by atoms with Gasteiger partial charge in [-0.15, -0.1) is 0 Å². The van der Waals surface area contributed by atoms with Crippen LogP contribution in [0.1, 0.15) is 22.4 Å². The standard InChI is InChI=1S/C15H15FN2OS/c1-9-7-10(2)18-15(13(9)14(17)20)19-8-11-5-3-4-6-12(11)16/h3-7H,8H2,1-2H3,(H2,17,20). The lowest BCUT2D eigenvalue weighted by molar-refractivity contribution is 0.287. The van der Waals surface area contributed by atoms with E-state index in [0.717, 1.165) is 11.3 Å². The number of thiocarbonyl (C=S) groups is 1. The lowest BCUT2D eigenvalue weighted by Crippen LogP contribution is -2.15. The van der Waals surface area contributed by atoms with Crippen LogP contribution in [0.15, 0.2) is 30.3 Å². The van der Waals surface area contributed by atoms with Gasteiger partial charge in [0.25, 0.3) is 0 Å². The van der Waals surface area contributed by atoms with Gasteiger partial charge in [-0.1, -0.05) is 30.4 Å². The Hall–Kier alpha value is -2.01. The molecular formula is C15H15FN2OS. The van der Waals surface area contributed by atoms with Gasteiger partial charge in [-0.25, -0.2) is 9.37 Å². The number of benzene rings is 1. The molecular weight excluding hydrogens is 275 g/mol. The lowest BCUT2D eigenvalue weighted by Gasteiger charge is -2.13. The van der Waals surface area contributed by atoms with Crippen molar-refractivity contribution in [2.24, 2.45) is 5.73 Å². The highest BCUT2D eigenvalue weighted by molar-refractivity contribution is 7.80. The van der Waals surface area contributed by atoms with Gasteiger partial charge in [0.05, 0.1) is 5.56 Å². The molecule has 0 spiro atoms. The molecule has 1 aromatic heterocycles. The fraction of sp³-hybridized carbons (Fsp3) is 0.200. The van der Waals surface area contributed by atoms with E-state index in [0.29, 0.717) is 17.0 Å². The highest BCUT2D eigenvalue weighted by Gasteiger charge is 2.13. The number of nitrogens with two attached hydrogens (primary N) is 1. The normalized spacial score (nSPS) is 10.3. The first kappa shape index (κ1) is 14.4. The molecule has 104 valence electrons. The predicted octanol–water partition coefficient (Wildman–Crippen LogP) is 3.05. The maximum absolute atomic E-state index is 13.6. The Bertz CT molecular complexity index is 658. The van der Waals surface area contributed by atoms with E-state index in [1.54, 1.807) is 18.2 Å². The van der Waals surface area contributed by atoms with E-state index in [9.17, 15) is 4.39 Å². The van der Waals surface area contributed by atoms with Gasteiger partial charge in [0, 0.05) is 11.3 Å². The highest BCUT2D eigenvalue weighted by Crippen LogP contribution is 2.22. The second-order valence-electron chi connectivity index (χ2n) is 4.51. The molecule has 3 nitrogen and oxygen atoms in total. The van der Waals surface area contributed by atoms with Gasteiger partial charge < -0.3 is 10.5 Å². The molecule has 2 N–H and O–H groups in total. The SMILES string of the molecule is Cc1cc(C)c(C(N)=S)c(OCc2ccccc2F)n1. The summed E-state index contributed by atoms with van der Waals surface area (Å²) in [5.74, 6) is 0.0343. The van der Waals surface area contributed by atoms with Crippen molar-refractivity contribution in [2.75, 3.05) is 0 Å². The maximum Gasteiger partial charge on any atom is 0.224 e. The van der Waals surface area contributed by atoms with Crippen LogP contribution in [-0.4, -0.2) is 9.97 Å². The van der Waals surface area contributed by atoms with Crippen molar-refractivity contribution in [3.63, 3.8) is 0 Å². The van der Waals surface area contributed by atoms with Crippen molar-refractivity contribution in [1.82, 2.24) is 4.98 Å². The van der Waals surface area contributed by atoms with Crippen molar-refractivity contribution < 1.29 is 9.13 Å². The number of nitrogens with zero attached hydrogens (tertiary/aromatic N) is 1. The zero-order chi connectivity index (χ0) is 14.7. The van der Waals surface area contributed by atoms with Crippen molar-refractivity contribution in [2.45, 2.75) is 20.5 Å². The minimum Gasteiger partial charge on any atom is -0.472 e.